The molecule has 1 rings (SSSR count). The predicted octanol–water partition coefficient (Wildman–Crippen LogP) is 1.14. The molecule has 0 bridgehead atoms. The van der Waals surface area contributed by atoms with Crippen molar-refractivity contribution in [2.75, 3.05) is 13.1 Å². The predicted molar refractivity (Wildman–Crippen MR) is 58.7 cm³/mol. The summed E-state index contributed by atoms with van der Waals surface area (Å²) in [4.78, 5) is 22.1. The maximum Gasteiger partial charge on any atom is 0.406 e. The molecule has 0 radical (unpaired) electrons. The van der Waals surface area contributed by atoms with Crippen molar-refractivity contribution in [3.8, 4) is 0 Å². The van der Waals surface area contributed by atoms with Crippen LogP contribution in [0.4, 0.5) is 18.0 Å². The largest absolute Gasteiger partial charge is 0.480 e. The van der Waals surface area contributed by atoms with E-state index < -0.39 is 31.3 Å². The monoisotopic (exact) mass is 295 g/mol. The SMILES string of the molecule is Cc1cc(CNC(=O)N(CC(=O)O)CC(F)(F)F)on1. The van der Waals surface area contributed by atoms with Crippen LogP contribution in [0, 0.1) is 6.92 Å². The molecule has 0 aliphatic rings. The van der Waals surface area contributed by atoms with Gasteiger partial charge in [0, 0.05) is 6.07 Å². The molecule has 0 unspecified atom stereocenters. The molecule has 0 aliphatic carbocycles. The molecule has 0 saturated carbocycles. The highest BCUT2D eigenvalue weighted by Gasteiger charge is 2.34. The molecule has 0 aromatic carbocycles. The molecule has 7 nitrogen and oxygen atoms in total. The number of aliphatic carboxylic acids is 1. The lowest BCUT2D eigenvalue weighted by molar-refractivity contribution is -0.148. The second-order valence-electron chi connectivity index (χ2n) is 3.96. The van der Waals surface area contributed by atoms with E-state index in [1.165, 1.54) is 6.07 Å². The van der Waals surface area contributed by atoms with Crippen LogP contribution in [0.5, 0.6) is 0 Å². The van der Waals surface area contributed by atoms with Crippen molar-refractivity contribution in [1.82, 2.24) is 15.4 Å². The summed E-state index contributed by atoms with van der Waals surface area (Å²) in [7, 11) is 0. The number of halogens is 3. The maximum absolute atomic E-state index is 12.2. The molecule has 112 valence electrons. The van der Waals surface area contributed by atoms with Crippen LogP contribution in [0.3, 0.4) is 0 Å². The molecule has 0 saturated heterocycles. The standard InChI is InChI=1S/C10H12F3N3O4/c1-6-2-7(20-15-6)3-14-9(19)16(4-8(17)18)5-10(11,12)13/h2H,3-5H2,1H3,(H,14,19)(H,17,18). The number of carboxylic acid groups (broad SMARTS) is 1. The van der Waals surface area contributed by atoms with Gasteiger partial charge < -0.3 is 19.8 Å². The first kappa shape index (κ1) is 15.8. The topological polar surface area (TPSA) is 95.7 Å². The van der Waals surface area contributed by atoms with Gasteiger partial charge in [-0.25, -0.2) is 4.79 Å². The highest BCUT2D eigenvalue weighted by Crippen LogP contribution is 2.16. The summed E-state index contributed by atoms with van der Waals surface area (Å²) in [6.07, 6.45) is -4.68. The van der Waals surface area contributed by atoms with E-state index in [0.717, 1.165) is 0 Å². The number of nitrogens with zero attached hydrogens (tertiary/aromatic N) is 2. The van der Waals surface area contributed by atoms with Gasteiger partial charge in [-0.2, -0.15) is 13.2 Å². The van der Waals surface area contributed by atoms with Gasteiger partial charge in [0.15, 0.2) is 5.76 Å². The van der Waals surface area contributed by atoms with Crippen molar-refractivity contribution in [2.24, 2.45) is 0 Å². The van der Waals surface area contributed by atoms with Crippen LogP contribution in [0.15, 0.2) is 10.6 Å². The minimum Gasteiger partial charge on any atom is -0.480 e. The van der Waals surface area contributed by atoms with Crippen molar-refractivity contribution < 1.29 is 32.4 Å². The summed E-state index contributed by atoms with van der Waals surface area (Å²) >= 11 is 0. The number of carboxylic acids is 1. The molecule has 0 fully saturated rings. The van der Waals surface area contributed by atoms with Gasteiger partial charge in [0.25, 0.3) is 0 Å². The van der Waals surface area contributed by atoms with E-state index in [9.17, 15) is 22.8 Å². The normalized spacial score (nSPS) is 11.2. The second kappa shape index (κ2) is 6.26. The molecule has 1 aromatic heterocycles. The molecule has 1 aromatic rings. The van der Waals surface area contributed by atoms with E-state index in [0.29, 0.717) is 5.69 Å². The van der Waals surface area contributed by atoms with Crippen molar-refractivity contribution >= 4 is 12.0 Å². The molecule has 10 heteroatoms. The summed E-state index contributed by atoms with van der Waals surface area (Å²) < 4.78 is 41.5. The quantitative estimate of drug-likeness (QED) is 0.849. The number of amides is 2. The summed E-state index contributed by atoms with van der Waals surface area (Å²) in [6.45, 7) is -1.26. The fourth-order valence-corrected chi connectivity index (χ4v) is 1.35. The highest BCUT2D eigenvalue weighted by atomic mass is 19.4. The Morgan fingerprint density at radius 1 is 1.50 bits per heavy atom. The number of hydrogen-bond acceptors (Lipinski definition) is 4. The summed E-state index contributed by atoms with van der Waals surface area (Å²) in [6, 6.07) is 0.338. The van der Waals surface area contributed by atoms with Crippen LogP contribution < -0.4 is 5.32 Å². The van der Waals surface area contributed by atoms with E-state index in [1.807, 2.05) is 0 Å². The zero-order valence-electron chi connectivity index (χ0n) is 10.4. The highest BCUT2D eigenvalue weighted by molar-refractivity contribution is 5.80. The summed E-state index contributed by atoms with van der Waals surface area (Å²) in [5.41, 5.74) is 0.548. The van der Waals surface area contributed by atoms with E-state index in [2.05, 4.69) is 10.5 Å². The van der Waals surface area contributed by atoms with Gasteiger partial charge in [0.1, 0.15) is 13.1 Å². The number of urea groups is 1. The van der Waals surface area contributed by atoms with Gasteiger partial charge in [-0.3, -0.25) is 4.79 Å². The third-order valence-corrected chi connectivity index (χ3v) is 2.07. The summed E-state index contributed by atoms with van der Waals surface area (Å²) in [5, 5.41) is 14.2. The Hall–Kier alpha value is -2.26. The lowest BCUT2D eigenvalue weighted by Crippen LogP contribution is -2.46. The number of carbonyl (C=O) groups is 2. The zero-order valence-corrected chi connectivity index (χ0v) is 10.4. The van der Waals surface area contributed by atoms with Gasteiger partial charge >= 0.3 is 18.2 Å². The maximum atomic E-state index is 12.2. The molecule has 1 heterocycles. The average Bonchev–Trinajstić information content (AvgIpc) is 2.68. The van der Waals surface area contributed by atoms with Gasteiger partial charge in [0.2, 0.25) is 0 Å². The van der Waals surface area contributed by atoms with Crippen molar-refractivity contribution in [3.05, 3.63) is 17.5 Å². The van der Waals surface area contributed by atoms with Gasteiger partial charge in [-0.05, 0) is 6.92 Å². The molecular weight excluding hydrogens is 283 g/mol. The molecule has 0 spiro atoms. The Bertz CT molecular complexity index is 486. The number of hydrogen-bond donors (Lipinski definition) is 2. The smallest absolute Gasteiger partial charge is 0.406 e. The van der Waals surface area contributed by atoms with Crippen LogP contribution in [-0.4, -0.2) is 46.4 Å². The van der Waals surface area contributed by atoms with E-state index in [4.69, 9.17) is 9.63 Å². The fourth-order valence-electron chi connectivity index (χ4n) is 1.35. The number of aromatic nitrogens is 1. The van der Waals surface area contributed by atoms with E-state index >= 15 is 0 Å². The molecule has 2 N–H and O–H groups in total. The molecule has 0 aliphatic heterocycles. The Labute approximate surface area is 111 Å². The number of rotatable bonds is 5. The van der Waals surface area contributed by atoms with Crippen LogP contribution in [-0.2, 0) is 11.3 Å². The van der Waals surface area contributed by atoms with E-state index in [-0.39, 0.29) is 17.2 Å². The van der Waals surface area contributed by atoms with Crippen molar-refractivity contribution in [3.63, 3.8) is 0 Å². The number of alkyl halides is 3. The Balaban J connectivity index is 2.60. The van der Waals surface area contributed by atoms with E-state index in [1.54, 1.807) is 6.92 Å². The zero-order chi connectivity index (χ0) is 15.3. The fraction of sp³-hybridized carbons (Fsp3) is 0.500. The van der Waals surface area contributed by atoms with Crippen LogP contribution >= 0.6 is 0 Å². The number of carbonyl (C=O) groups excluding carboxylic acids is 1. The number of nitrogens with one attached hydrogen (secondary N) is 1. The minimum atomic E-state index is -4.68. The number of aryl methyl sites for hydroxylation is 1. The first-order valence-electron chi connectivity index (χ1n) is 5.41. The minimum absolute atomic E-state index is 0.144. The molecule has 2 amide bonds. The summed E-state index contributed by atoms with van der Waals surface area (Å²) in [5.74, 6) is -1.29. The third-order valence-electron chi connectivity index (χ3n) is 2.07. The second-order valence-corrected chi connectivity index (χ2v) is 3.96. The average molecular weight is 295 g/mol. The third kappa shape index (κ3) is 5.59. The van der Waals surface area contributed by atoms with Gasteiger partial charge in [-0.1, -0.05) is 5.16 Å². The molecule has 0 atom stereocenters. The lowest BCUT2D eigenvalue weighted by atomic mass is 10.4. The van der Waals surface area contributed by atoms with Crippen molar-refractivity contribution in [1.29, 1.82) is 0 Å². The van der Waals surface area contributed by atoms with Gasteiger partial charge in [-0.15, -0.1) is 0 Å². The molecule has 20 heavy (non-hydrogen) atoms. The molecular formula is C10H12F3N3O4. The Morgan fingerprint density at radius 2 is 2.15 bits per heavy atom. The Morgan fingerprint density at radius 3 is 2.60 bits per heavy atom. The van der Waals surface area contributed by atoms with Crippen LogP contribution in [0.1, 0.15) is 11.5 Å². The first-order valence-corrected chi connectivity index (χ1v) is 5.41. The van der Waals surface area contributed by atoms with Crippen LogP contribution in [0.25, 0.3) is 0 Å². The lowest BCUT2D eigenvalue weighted by Gasteiger charge is -2.22. The first-order chi connectivity index (χ1) is 9.17. The van der Waals surface area contributed by atoms with Gasteiger partial charge in [0.05, 0.1) is 12.2 Å². The Kier molecular flexibility index (Phi) is 4.94. The van der Waals surface area contributed by atoms with Crippen LogP contribution in [0.2, 0.25) is 0 Å². The van der Waals surface area contributed by atoms with Crippen molar-refractivity contribution in [2.45, 2.75) is 19.6 Å².